The minimum Gasteiger partial charge on any atom is -0.349 e. The van der Waals surface area contributed by atoms with Gasteiger partial charge < -0.3 is 15.1 Å². The van der Waals surface area contributed by atoms with Crippen LogP contribution >= 0.6 is 24.8 Å². The number of carbonyl (C=O) groups excluding carboxylic acids is 2. The van der Waals surface area contributed by atoms with E-state index < -0.39 is 5.54 Å². The lowest BCUT2D eigenvalue weighted by Crippen LogP contribution is -2.59. The summed E-state index contributed by atoms with van der Waals surface area (Å²) in [6.45, 7) is 5.49. The van der Waals surface area contributed by atoms with Crippen molar-refractivity contribution in [2.45, 2.75) is 24.8 Å². The summed E-state index contributed by atoms with van der Waals surface area (Å²) in [6, 6.07) is 1.89. The minimum absolute atomic E-state index is 0. The molecule has 0 saturated carbocycles. The van der Waals surface area contributed by atoms with E-state index in [9.17, 15) is 9.59 Å². The van der Waals surface area contributed by atoms with Crippen molar-refractivity contribution in [3.8, 4) is 0 Å². The Morgan fingerprint density at radius 3 is 2.29 bits per heavy atom. The molecule has 0 radical (unpaired) electrons. The summed E-state index contributed by atoms with van der Waals surface area (Å²) in [5.74, 6) is 0.336. The fourth-order valence-corrected chi connectivity index (χ4v) is 3.85. The van der Waals surface area contributed by atoms with Crippen LogP contribution in [0, 0.1) is 0 Å². The average Bonchev–Trinajstić information content (AvgIpc) is 3.21. The van der Waals surface area contributed by atoms with Crippen molar-refractivity contribution in [1.82, 2.24) is 29.8 Å². The number of nitrogens with zero attached hydrogens (tertiary/aromatic N) is 5. The maximum absolute atomic E-state index is 13.4. The number of rotatable bonds is 5. The highest BCUT2D eigenvalue weighted by Crippen LogP contribution is 2.29. The van der Waals surface area contributed by atoms with E-state index in [1.807, 2.05) is 21.8 Å². The van der Waals surface area contributed by atoms with Gasteiger partial charge in [-0.1, -0.05) is 0 Å². The quantitative estimate of drug-likeness (QED) is 0.726. The largest absolute Gasteiger partial charge is 0.349 e. The summed E-state index contributed by atoms with van der Waals surface area (Å²) >= 11 is 0. The molecule has 28 heavy (non-hydrogen) atoms. The van der Waals surface area contributed by atoms with Gasteiger partial charge in [0.2, 0.25) is 5.91 Å². The second-order valence-electron chi connectivity index (χ2n) is 7.40. The van der Waals surface area contributed by atoms with Crippen LogP contribution in [0.25, 0.3) is 0 Å². The van der Waals surface area contributed by atoms with Gasteiger partial charge in [0.05, 0.1) is 0 Å². The average molecular weight is 435 g/mol. The first-order valence-corrected chi connectivity index (χ1v) is 9.46. The zero-order chi connectivity index (χ0) is 18.6. The first kappa shape index (κ1) is 24.7. The number of hydrogen-bond acceptors (Lipinski definition) is 5. The van der Waals surface area contributed by atoms with Crippen LogP contribution in [-0.2, 0) is 15.1 Å². The van der Waals surface area contributed by atoms with Crippen molar-refractivity contribution >= 4 is 36.6 Å². The van der Waals surface area contributed by atoms with E-state index in [1.165, 1.54) is 0 Å². The number of nitrogens with one attached hydrogen (secondary N) is 1. The van der Waals surface area contributed by atoms with Gasteiger partial charge in [-0.2, -0.15) is 5.10 Å². The summed E-state index contributed by atoms with van der Waals surface area (Å²) in [5, 5.41) is 7.74. The molecule has 8 nitrogen and oxygen atoms in total. The molecule has 0 unspecified atom stereocenters. The van der Waals surface area contributed by atoms with Gasteiger partial charge in [0.25, 0.3) is 5.91 Å². The number of aromatic nitrogens is 2. The lowest BCUT2D eigenvalue weighted by molar-refractivity contribution is -0.145. The first-order valence-electron chi connectivity index (χ1n) is 9.46. The molecule has 3 rings (SSSR count). The molecule has 2 fully saturated rings. The molecule has 2 aliphatic heterocycles. The van der Waals surface area contributed by atoms with Gasteiger partial charge >= 0.3 is 0 Å². The monoisotopic (exact) mass is 434 g/mol. The Morgan fingerprint density at radius 2 is 1.75 bits per heavy atom. The highest BCUT2D eigenvalue weighted by molar-refractivity contribution is 5.86. The highest BCUT2D eigenvalue weighted by Gasteiger charge is 2.44. The van der Waals surface area contributed by atoms with Crippen LogP contribution in [0.3, 0.4) is 0 Å². The zero-order valence-corrected chi connectivity index (χ0v) is 18.3. The third-order valence-corrected chi connectivity index (χ3v) is 5.57. The van der Waals surface area contributed by atoms with Gasteiger partial charge in [0.15, 0.2) is 0 Å². The van der Waals surface area contributed by atoms with E-state index in [4.69, 9.17) is 0 Å². The van der Waals surface area contributed by atoms with Crippen molar-refractivity contribution in [2.24, 2.45) is 0 Å². The van der Waals surface area contributed by atoms with Crippen LogP contribution in [0.4, 0.5) is 0 Å². The van der Waals surface area contributed by atoms with Gasteiger partial charge in [-0.25, -0.2) is 0 Å². The van der Waals surface area contributed by atoms with Crippen molar-refractivity contribution in [3.05, 3.63) is 18.5 Å². The third kappa shape index (κ3) is 5.37. The highest BCUT2D eigenvalue weighted by atomic mass is 35.5. The molecule has 0 spiro atoms. The predicted molar refractivity (Wildman–Crippen MR) is 113 cm³/mol. The van der Waals surface area contributed by atoms with E-state index in [1.54, 1.807) is 25.2 Å². The lowest BCUT2D eigenvalue weighted by atomic mass is 9.86. The van der Waals surface area contributed by atoms with Gasteiger partial charge in [0.1, 0.15) is 5.54 Å². The second kappa shape index (κ2) is 11.0. The standard InChI is InChI=1S/C18H30N6O2.2ClH/c1-21(2)16(25)4-11-22-12-14-23(15-13-22)17(26)18(5-8-19-9-6-18)24-10-3-7-20-24;;/h3,7,10,19H,4-6,8-9,11-15H2,1-2H3;2*1H. The maximum atomic E-state index is 13.4. The second-order valence-corrected chi connectivity index (χ2v) is 7.40. The Labute approximate surface area is 179 Å². The number of carbonyl (C=O) groups is 2. The molecule has 0 aromatic carbocycles. The number of piperazine rings is 1. The number of hydrogen-bond donors (Lipinski definition) is 1. The molecule has 2 saturated heterocycles. The van der Waals surface area contributed by atoms with Crippen LogP contribution in [0.2, 0.25) is 0 Å². The van der Waals surface area contributed by atoms with E-state index in [-0.39, 0.29) is 36.6 Å². The maximum Gasteiger partial charge on any atom is 0.250 e. The van der Waals surface area contributed by atoms with Gasteiger partial charge in [-0.15, -0.1) is 24.8 Å². The Balaban J connectivity index is 0.00000196. The van der Waals surface area contributed by atoms with E-state index in [0.29, 0.717) is 19.5 Å². The van der Waals surface area contributed by atoms with Crippen molar-refractivity contribution in [2.75, 3.05) is 59.9 Å². The summed E-state index contributed by atoms with van der Waals surface area (Å²) in [6.07, 6.45) is 5.73. The molecule has 160 valence electrons. The summed E-state index contributed by atoms with van der Waals surface area (Å²) in [5.41, 5.74) is -0.558. The molecule has 0 atom stereocenters. The van der Waals surface area contributed by atoms with Crippen LogP contribution in [-0.4, -0.2) is 96.2 Å². The summed E-state index contributed by atoms with van der Waals surface area (Å²) in [4.78, 5) is 31.0. The van der Waals surface area contributed by atoms with Crippen molar-refractivity contribution < 1.29 is 9.59 Å². The molecule has 10 heteroatoms. The van der Waals surface area contributed by atoms with E-state index >= 15 is 0 Å². The first-order chi connectivity index (χ1) is 12.5. The van der Waals surface area contributed by atoms with Crippen molar-refractivity contribution in [1.29, 1.82) is 0 Å². The lowest BCUT2D eigenvalue weighted by Gasteiger charge is -2.43. The minimum atomic E-state index is -0.558. The molecular weight excluding hydrogens is 403 g/mol. The van der Waals surface area contributed by atoms with E-state index in [2.05, 4.69) is 15.3 Å². The number of halogens is 2. The zero-order valence-electron chi connectivity index (χ0n) is 16.7. The van der Waals surface area contributed by atoms with Crippen LogP contribution in [0.5, 0.6) is 0 Å². The van der Waals surface area contributed by atoms with Crippen LogP contribution in [0.15, 0.2) is 18.5 Å². The molecule has 0 bridgehead atoms. The third-order valence-electron chi connectivity index (χ3n) is 5.57. The molecule has 0 aliphatic carbocycles. The fraction of sp³-hybridized carbons (Fsp3) is 0.722. The van der Waals surface area contributed by atoms with Crippen LogP contribution in [0.1, 0.15) is 19.3 Å². The van der Waals surface area contributed by atoms with E-state index in [0.717, 1.165) is 45.6 Å². The molecule has 2 aliphatic rings. The Hall–Kier alpha value is -1.35. The van der Waals surface area contributed by atoms with Gasteiger partial charge in [-0.05, 0) is 32.0 Å². The molecule has 2 amide bonds. The van der Waals surface area contributed by atoms with Crippen LogP contribution < -0.4 is 5.32 Å². The smallest absolute Gasteiger partial charge is 0.250 e. The topological polar surface area (TPSA) is 73.7 Å². The van der Waals surface area contributed by atoms with Gasteiger partial charge in [0, 0.05) is 65.6 Å². The molecule has 1 aromatic rings. The summed E-state index contributed by atoms with van der Waals surface area (Å²) in [7, 11) is 3.57. The van der Waals surface area contributed by atoms with Gasteiger partial charge in [-0.3, -0.25) is 19.2 Å². The molecule has 3 heterocycles. The Kier molecular flexibility index (Phi) is 9.69. The summed E-state index contributed by atoms with van der Waals surface area (Å²) < 4.78 is 1.86. The van der Waals surface area contributed by atoms with Crippen molar-refractivity contribution in [3.63, 3.8) is 0 Å². The normalized spacial score (nSPS) is 19.3. The molecule has 1 N–H and O–H groups in total. The molecule has 1 aromatic heterocycles. The Bertz CT molecular complexity index is 612. The molecular formula is C18H32Cl2N6O2. The Morgan fingerprint density at radius 1 is 1.11 bits per heavy atom. The SMILES string of the molecule is CN(C)C(=O)CCN1CCN(C(=O)C2(n3cccn3)CCNCC2)CC1.Cl.Cl. The fourth-order valence-electron chi connectivity index (χ4n) is 3.85. The number of piperidine rings is 1. The number of amides is 2. The predicted octanol–water partition coefficient (Wildman–Crippen LogP) is 0.428.